The van der Waals surface area contributed by atoms with Crippen LogP contribution in [0.5, 0.6) is 0 Å². The number of anilines is 1. The number of hydrogen-bond acceptors (Lipinski definition) is 7. The van der Waals surface area contributed by atoms with E-state index in [1.165, 1.54) is 18.9 Å². The topological polar surface area (TPSA) is 116 Å². The van der Waals surface area contributed by atoms with Gasteiger partial charge in [-0.1, -0.05) is 5.16 Å². The van der Waals surface area contributed by atoms with E-state index in [0.29, 0.717) is 17.2 Å². The van der Waals surface area contributed by atoms with Crippen LogP contribution in [0.2, 0.25) is 0 Å². The molecule has 0 atom stereocenters. The SMILES string of the molecule is Cc1noc(C)c1S(=O)(=O)Nc1ccc(-n2cnnc2)nc1. The summed E-state index contributed by atoms with van der Waals surface area (Å²) in [5, 5.41) is 11.0. The number of sulfonamides is 1. The molecule has 0 spiro atoms. The fourth-order valence-electron chi connectivity index (χ4n) is 1.98. The minimum absolute atomic E-state index is 0.0374. The van der Waals surface area contributed by atoms with Crippen molar-refractivity contribution in [2.75, 3.05) is 4.72 Å². The summed E-state index contributed by atoms with van der Waals surface area (Å²) in [5.74, 6) is 0.810. The van der Waals surface area contributed by atoms with Crippen LogP contribution < -0.4 is 4.72 Å². The molecule has 22 heavy (non-hydrogen) atoms. The van der Waals surface area contributed by atoms with Crippen LogP contribution in [0, 0.1) is 13.8 Å². The standard InChI is InChI=1S/C12H12N6O3S/c1-8-12(9(2)21-16-8)22(19,20)17-10-3-4-11(13-5-10)18-6-14-15-7-18/h3-7,17H,1-2H3. The van der Waals surface area contributed by atoms with Crippen molar-refractivity contribution in [3.05, 3.63) is 42.4 Å². The van der Waals surface area contributed by atoms with Crippen molar-refractivity contribution in [3.8, 4) is 5.82 Å². The fraction of sp³-hybridized carbons (Fsp3) is 0.167. The summed E-state index contributed by atoms with van der Waals surface area (Å²) in [6.45, 7) is 3.11. The lowest BCUT2D eigenvalue weighted by atomic mass is 10.4. The van der Waals surface area contributed by atoms with Gasteiger partial charge in [-0.2, -0.15) is 0 Å². The maximum atomic E-state index is 12.4. The minimum atomic E-state index is -3.78. The molecular weight excluding hydrogens is 308 g/mol. The molecule has 0 fully saturated rings. The molecule has 3 heterocycles. The van der Waals surface area contributed by atoms with Crippen molar-refractivity contribution < 1.29 is 12.9 Å². The van der Waals surface area contributed by atoms with Gasteiger partial charge in [-0.3, -0.25) is 9.29 Å². The molecule has 3 rings (SSSR count). The fourth-order valence-corrected chi connectivity index (χ4v) is 3.36. The molecular formula is C12H12N6O3S. The van der Waals surface area contributed by atoms with Gasteiger partial charge in [0, 0.05) is 0 Å². The molecule has 0 aliphatic carbocycles. The third-order valence-electron chi connectivity index (χ3n) is 2.92. The van der Waals surface area contributed by atoms with E-state index in [2.05, 4.69) is 25.1 Å². The van der Waals surface area contributed by atoms with Crippen LogP contribution in [0.3, 0.4) is 0 Å². The summed E-state index contributed by atoms with van der Waals surface area (Å²) in [5.41, 5.74) is 0.635. The molecule has 0 amide bonds. The second-order valence-electron chi connectivity index (χ2n) is 4.53. The van der Waals surface area contributed by atoms with Crippen LogP contribution in [0.1, 0.15) is 11.5 Å². The summed E-state index contributed by atoms with van der Waals surface area (Å²) >= 11 is 0. The van der Waals surface area contributed by atoms with Gasteiger partial charge in [-0.15, -0.1) is 10.2 Å². The Morgan fingerprint density at radius 2 is 1.91 bits per heavy atom. The Balaban J connectivity index is 1.87. The number of rotatable bonds is 4. The molecule has 0 saturated heterocycles. The average Bonchev–Trinajstić information content (AvgIpc) is 3.09. The zero-order valence-corrected chi connectivity index (χ0v) is 12.6. The van der Waals surface area contributed by atoms with E-state index in [1.807, 2.05) is 0 Å². The molecule has 3 aromatic heterocycles. The highest BCUT2D eigenvalue weighted by atomic mass is 32.2. The second-order valence-corrected chi connectivity index (χ2v) is 6.15. The molecule has 0 saturated carbocycles. The Morgan fingerprint density at radius 3 is 2.45 bits per heavy atom. The molecule has 9 nitrogen and oxygen atoms in total. The summed E-state index contributed by atoms with van der Waals surface area (Å²) in [6.07, 6.45) is 4.40. The third-order valence-corrected chi connectivity index (χ3v) is 4.54. The van der Waals surface area contributed by atoms with Gasteiger partial charge in [-0.05, 0) is 26.0 Å². The Morgan fingerprint density at radius 1 is 1.18 bits per heavy atom. The van der Waals surface area contributed by atoms with E-state index in [4.69, 9.17) is 4.52 Å². The van der Waals surface area contributed by atoms with E-state index in [1.54, 1.807) is 30.5 Å². The number of aryl methyl sites for hydroxylation is 2. The van der Waals surface area contributed by atoms with Crippen molar-refractivity contribution in [1.29, 1.82) is 0 Å². The Hall–Kier alpha value is -2.75. The zero-order valence-electron chi connectivity index (χ0n) is 11.8. The van der Waals surface area contributed by atoms with Gasteiger partial charge < -0.3 is 4.52 Å². The van der Waals surface area contributed by atoms with Gasteiger partial charge in [0.05, 0.1) is 11.9 Å². The van der Waals surface area contributed by atoms with Crippen molar-refractivity contribution in [2.45, 2.75) is 18.7 Å². The molecule has 1 N–H and O–H groups in total. The summed E-state index contributed by atoms with van der Waals surface area (Å²) < 4.78 is 33.6. The third kappa shape index (κ3) is 2.55. The maximum absolute atomic E-state index is 12.4. The predicted molar refractivity (Wildman–Crippen MR) is 75.9 cm³/mol. The highest BCUT2D eigenvalue weighted by molar-refractivity contribution is 7.92. The van der Waals surface area contributed by atoms with Crippen LogP contribution in [0.15, 0.2) is 40.4 Å². The van der Waals surface area contributed by atoms with E-state index in [9.17, 15) is 8.42 Å². The minimum Gasteiger partial charge on any atom is -0.360 e. The molecule has 0 aliphatic rings. The van der Waals surface area contributed by atoms with Crippen LogP contribution in [-0.4, -0.2) is 33.3 Å². The van der Waals surface area contributed by atoms with Crippen molar-refractivity contribution in [3.63, 3.8) is 0 Å². The van der Waals surface area contributed by atoms with Gasteiger partial charge in [0.2, 0.25) is 0 Å². The Labute approximate surface area is 126 Å². The number of nitrogens with zero attached hydrogens (tertiary/aromatic N) is 5. The van der Waals surface area contributed by atoms with Gasteiger partial charge in [0.15, 0.2) is 10.7 Å². The number of hydrogen-bond donors (Lipinski definition) is 1. The van der Waals surface area contributed by atoms with Gasteiger partial charge in [0.1, 0.15) is 24.2 Å². The molecule has 0 unspecified atom stereocenters. The first-order chi connectivity index (χ1) is 10.5. The van der Waals surface area contributed by atoms with E-state index in [0.717, 1.165) is 0 Å². The first-order valence-electron chi connectivity index (χ1n) is 6.24. The first kappa shape index (κ1) is 14.2. The van der Waals surface area contributed by atoms with Crippen LogP contribution >= 0.6 is 0 Å². The molecule has 0 radical (unpaired) electrons. The van der Waals surface area contributed by atoms with Crippen LogP contribution in [0.4, 0.5) is 5.69 Å². The number of nitrogens with one attached hydrogen (secondary N) is 1. The summed E-state index contributed by atoms with van der Waals surface area (Å²) in [4.78, 5) is 4.19. The lowest BCUT2D eigenvalue weighted by molar-refractivity contribution is 0.390. The van der Waals surface area contributed by atoms with Crippen molar-refractivity contribution >= 4 is 15.7 Å². The average molecular weight is 320 g/mol. The molecule has 3 aromatic rings. The normalized spacial score (nSPS) is 11.5. The molecule has 0 aliphatic heterocycles. The Bertz CT molecular complexity index is 864. The predicted octanol–water partition coefficient (Wildman–Crippen LogP) is 1.07. The van der Waals surface area contributed by atoms with Crippen LogP contribution in [0.25, 0.3) is 5.82 Å². The monoisotopic (exact) mass is 320 g/mol. The second kappa shape index (κ2) is 5.22. The van der Waals surface area contributed by atoms with E-state index < -0.39 is 10.0 Å². The van der Waals surface area contributed by atoms with Gasteiger partial charge in [0.25, 0.3) is 10.0 Å². The van der Waals surface area contributed by atoms with E-state index in [-0.39, 0.29) is 10.7 Å². The number of pyridine rings is 1. The maximum Gasteiger partial charge on any atom is 0.267 e. The molecule has 10 heteroatoms. The lowest BCUT2D eigenvalue weighted by Crippen LogP contribution is -2.14. The summed E-state index contributed by atoms with van der Waals surface area (Å²) in [7, 11) is -3.78. The quantitative estimate of drug-likeness (QED) is 0.764. The number of aromatic nitrogens is 5. The van der Waals surface area contributed by atoms with Crippen molar-refractivity contribution in [1.82, 2.24) is 24.9 Å². The smallest absolute Gasteiger partial charge is 0.267 e. The van der Waals surface area contributed by atoms with Gasteiger partial charge in [-0.25, -0.2) is 13.4 Å². The van der Waals surface area contributed by atoms with Gasteiger partial charge >= 0.3 is 0 Å². The summed E-state index contributed by atoms with van der Waals surface area (Å²) in [6, 6.07) is 3.24. The first-order valence-corrected chi connectivity index (χ1v) is 7.72. The van der Waals surface area contributed by atoms with Crippen molar-refractivity contribution in [2.24, 2.45) is 0 Å². The zero-order chi connectivity index (χ0) is 15.7. The molecule has 0 bridgehead atoms. The molecule has 0 aromatic carbocycles. The highest BCUT2D eigenvalue weighted by Gasteiger charge is 2.24. The highest BCUT2D eigenvalue weighted by Crippen LogP contribution is 2.22. The van der Waals surface area contributed by atoms with E-state index >= 15 is 0 Å². The Kier molecular flexibility index (Phi) is 3.37. The lowest BCUT2D eigenvalue weighted by Gasteiger charge is -2.08. The van der Waals surface area contributed by atoms with Crippen LogP contribution in [-0.2, 0) is 10.0 Å². The molecule has 114 valence electrons. The largest absolute Gasteiger partial charge is 0.360 e.